The van der Waals surface area contributed by atoms with E-state index in [9.17, 15) is 22.8 Å². The van der Waals surface area contributed by atoms with E-state index in [1.54, 1.807) is 11.4 Å². The second-order valence-corrected chi connectivity index (χ2v) is 9.21. The van der Waals surface area contributed by atoms with Crippen LogP contribution in [-0.4, -0.2) is 25.4 Å². The predicted octanol–water partition coefficient (Wildman–Crippen LogP) is 4.78. The lowest BCUT2D eigenvalue weighted by atomic mass is 10.1. The van der Waals surface area contributed by atoms with Crippen molar-refractivity contribution in [3.05, 3.63) is 97.5 Å². The van der Waals surface area contributed by atoms with E-state index in [0.717, 1.165) is 28.8 Å². The molecule has 0 amide bonds. The van der Waals surface area contributed by atoms with Crippen molar-refractivity contribution in [1.82, 2.24) is 18.7 Å². The highest BCUT2D eigenvalue weighted by Gasteiger charge is 2.30. The van der Waals surface area contributed by atoms with Gasteiger partial charge in [0.15, 0.2) is 0 Å². The van der Waals surface area contributed by atoms with Gasteiger partial charge >= 0.3 is 11.9 Å². The molecule has 2 aromatic carbocycles. The van der Waals surface area contributed by atoms with E-state index in [0.29, 0.717) is 22.6 Å². The van der Waals surface area contributed by atoms with Crippen molar-refractivity contribution in [2.24, 2.45) is 0 Å². The van der Waals surface area contributed by atoms with Gasteiger partial charge in [-0.15, -0.1) is 16.4 Å². The maximum atomic E-state index is 13.3. The third-order valence-electron chi connectivity index (χ3n) is 5.71. The van der Waals surface area contributed by atoms with Gasteiger partial charge in [-0.05, 0) is 53.3 Å². The molecule has 0 saturated heterocycles. The maximum Gasteiger partial charge on any atom is 0.416 e. The van der Waals surface area contributed by atoms with Gasteiger partial charge in [0.25, 0.3) is 5.56 Å². The molecule has 0 N–H and O–H groups in total. The molecule has 0 fully saturated rings. The molecular formula is C25H21F3N4O3S. The van der Waals surface area contributed by atoms with Crippen molar-refractivity contribution in [2.45, 2.75) is 32.6 Å². The van der Waals surface area contributed by atoms with Gasteiger partial charge in [0, 0.05) is 0 Å². The maximum absolute atomic E-state index is 13.3. The molecule has 0 aliphatic rings. The van der Waals surface area contributed by atoms with Crippen LogP contribution in [0.25, 0.3) is 16.0 Å². The first kappa shape index (κ1) is 23.9. The second-order valence-electron chi connectivity index (χ2n) is 8.29. The summed E-state index contributed by atoms with van der Waals surface area (Å²) in [5.74, 6) is 0.836. The van der Waals surface area contributed by atoms with E-state index >= 15 is 0 Å². The fraction of sp³-hybridized carbons (Fsp3) is 0.240. The summed E-state index contributed by atoms with van der Waals surface area (Å²) in [6, 6.07) is 13.7. The summed E-state index contributed by atoms with van der Waals surface area (Å²) in [6.45, 7) is 2.60. The van der Waals surface area contributed by atoms with E-state index < -0.39 is 17.4 Å². The van der Waals surface area contributed by atoms with Gasteiger partial charge in [-0.25, -0.2) is 13.9 Å². The Morgan fingerprint density at radius 2 is 1.78 bits per heavy atom. The fourth-order valence-corrected chi connectivity index (χ4v) is 4.82. The van der Waals surface area contributed by atoms with Crippen molar-refractivity contribution in [3.63, 3.8) is 0 Å². The van der Waals surface area contributed by atoms with Crippen molar-refractivity contribution in [2.75, 3.05) is 6.61 Å². The molecule has 0 saturated carbocycles. The Balaban J connectivity index is 1.58. The van der Waals surface area contributed by atoms with Crippen LogP contribution in [0.15, 0.2) is 69.6 Å². The Labute approximate surface area is 206 Å². The fourth-order valence-electron chi connectivity index (χ4n) is 3.99. The minimum Gasteiger partial charge on any atom is -0.494 e. The number of nitrogens with zero attached hydrogens (tertiary/aromatic N) is 4. The smallest absolute Gasteiger partial charge is 0.416 e. The zero-order valence-corrected chi connectivity index (χ0v) is 20.0. The lowest BCUT2D eigenvalue weighted by Crippen LogP contribution is -2.26. The van der Waals surface area contributed by atoms with Crippen LogP contribution in [0.4, 0.5) is 13.2 Å². The number of hydrogen-bond acceptors (Lipinski definition) is 5. The third kappa shape index (κ3) is 4.41. The number of alkyl halides is 3. The normalized spacial score (nSPS) is 12.0. The largest absolute Gasteiger partial charge is 0.494 e. The number of fused-ring (bicyclic) bond motifs is 3. The van der Waals surface area contributed by atoms with Crippen molar-refractivity contribution in [1.29, 1.82) is 0 Å². The topological polar surface area (TPSA) is 70.5 Å². The molecule has 186 valence electrons. The summed E-state index contributed by atoms with van der Waals surface area (Å²) in [5.41, 5.74) is -0.148. The highest BCUT2D eigenvalue weighted by atomic mass is 32.1. The molecule has 5 aromatic rings. The summed E-state index contributed by atoms with van der Waals surface area (Å²) in [4.78, 5) is 26.6. The van der Waals surface area contributed by atoms with Crippen LogP contribution >= 0.6 is 11.3 Å². The highest BCUT2D eigenvalue weighted by molar-refractivity contribution is 7.17. The SMILES string of the molecule is CCCOc1ccc(Cn2c(=O)c3sccc3n3c(=O)n(Cc4cccc(C(F)(F)F)c4)nc23)cc1. The van der Waals surface area contributed by atoms with Crippen LogP contribution in [0.1, 0.15) is 30.0 Å². The minimum absolute atomic E-state index is 0.120. The number of rotatable bonds is 7. The van der Waals surface area contributed by atoms with Crippen molar-refractivity contribution >= 4 is 27.3 Å². The molecule has 3 heterocycles. The lowest BCUT2D eigenvalue weighted by Gasteiger charge is -2.09. The Morgan fingerprint density at radius 1 is 1.00 bits per heavy atom. The first-order valence-corrected chi connectivity index (χ1v) is 12.1. The number of benzene rings is 2. The van der Waals surface area contributed by atoms with E-state index in [4.69, 9.17) is 4.74 Å². The monoisotopic (exact) mass is 514 g/mol. The Bertz CT molecular complexity index is 1660. The molecule has 5 rings (SSSR count). The second kappa shape index (κ2) is 9.30. The number of hydrogen-bond donors (Lipinski definition) is 0. The van der Waals surface area contributed by atoms with E-state index in [1.807, 2.05) is 31.2 Å². The van der Waals surface area contributed by atoms with Crippen LogP contribution < -0.4 is 16.0 Å². The van der Waals surface area contributed by atoms with E-state index in [-0.39, 0.29) is 30.0 Å². The molecule has 11 heteroatoms. The molecule has 0 radical (unpaired) electrons. The molecule has 0 bridgehead atoms. The van der Waals surface area contributed by atoms with Gasteiger partial charge in [0.05, 0.1) is 30.8 Å². The summed E-state index contributed by atoms with van der Waals surface area (Å²) in [5, 5.41) is 6.09. The lowest BCUT2D eigenvalue weighted by molar-refractivity contribution is -0.137. The van der Waals surface area contributed by atoms with Crippen LogP contribution in [0.3, 0.4) is 0 Å². The van der Waals surface area contributed by atoms with E-state index in [2.05, 4.69) is 5.10 Å². The van der Waals surface area contributed by atoms with Gasteiger partial charge in [-0.1, -0.05) is 31.2 Å². The zero-order chi connectivity index (χ0) is 25.4. The van der Waals surface area contributed by atoms with Crippen LogP contribution in [-0.2, 0) is 19.3 Å². The molecule has 0 aliphatic heterocycles. The quantitative estimate of drug-likeness (QED) is 0.314. The van der Waals surface area contributed by atoms with Gasteiger partial charge < -0.3 is 4.74 Å². The predicted molar refractivity (Wildman–Crippen MR) is 131 cm³/mol. The molecule has 0 unspecified atom stereocenters. The van der Waals surface area contributed by atoms with Gasteiger partial charge in [-0.3, -0.25) is 9.36 Å². The van der Waals surface area contributed by atoms with Crippen LogP contribution in [0.2, 0.25) is 0 Å². The van der Waals surface area contributed by atoms with Crippen molar-refractivity contribution in [3.8, 4) is 5.75 Å². The summed E-state index contributed by atoms with van der Waals surface area (Å²) < 4.78 is 49.3. The van der Waals surface area contributed by atoms with Crippen molar-refractivity contribution < 1.29 is 17.9 Å². The molecule has 3 aromatic heterocycles. The summed E-state index contributed by atoms with van der Waals surface area (Å²) >= 11 is 1.22. The number of halogens is 3. The van der Waals surface area contributed by atoms with E-state index in [1.165, 1.54) is 32.4 Å². The molecule has 7 nitrogen and oxygen atoms in total. The number of thiophene rings is 1. The highest BCUT2D eigenvalue weighted by Crippen LogP contribution is 2.29. The molecule has 0 atom stereocenters. The molecular weight excluding hydrogens is 493 g/mol. The number of ether oxygens (including phenoxy) is 1. The van der Waals surface area contributed by atoms with Gasteiger partial charge in [0.1, 0.15) is 10.4 Å². The average Bonchev–Trinajstić information content (AvgIpc) is 3.46. The standard InChI is InChI=1S/C25H21F3N4O3S/c1-2-11-35-19-8-6-16(7-9-19)14-30-22(33)21-20(10-12-36-21)32-23(30)29-31(24(32)34)15-17-4-3-5-18(13-17)25(26,27)28/h3-10,12-13H,2,11,14-15H2,1H3. The number of aromatic nitrogens is 4. The Kier molecular flexibility index (Phi) is 6.17. The van der Waals surface area contributed by atoms with Gasteiger partial charge in [-0.2, -0.15) is 13.2 Å². The molecule has 0 aliphatic carbocycles. The van der Waals surface area contributed by atoms with Gasteiger partial charge in [0.2, 0.25) is 5.78 Å². The zero-order valence-electron chi connectivity index (χ0n) is 19.2. The minimum atomic E-state index is -4.50. The summed E-state index contributed by atoms with van der Waals surface area (Å²) in [7, 11) is 0. The summed E-state index contributed by atoms with van der Waals surface area (Å²) in [6.07, 6.45) is -3.62. The van der Waals surface area contributed by atoms with Crippen LogP contribution in [0, 0.1) is 0 Å². The van der Waals surface area contributed by atoms with Crippen LogP contribution in [0.5, 0.6) is 5.75 Å². The average molecular weight is 515 g/mol. The Hall–Kier alpha value is -3.86. The first-order chi connectivity index (χ1) is 17.3. The molecule has 0 spiro atoms. The molecule has 36 heavy (non-hydrogen) atoms. The Morgan fingerprint density at radius 3 is 2.50 bits per heavy atom. The first-order valence-electron chi connectivity index (χ1n) is 11.2. The third-order valence-corrected chi connectivity index (χ3v) is 6.60.